The molecule has 2 amide bonds. The summed E-state index contributed by atoms with van der Waals surface area (Å²) < 4.78 is 43.9. The number of hydrogen-bond donors (Lipinski definition) is 2. The molecule has 0 radical (unpaired) electrons. The van der Waals surface area contributed by atoms with E-state index in [1.54, 1.807) is 0 Å². The van der Waals surface area contributed by atoms with Crippen molar-refractivity contribution in [1.82, 2.24) is 29.9 Å². The Morgan fingerprint density at radius 1 is 1.27 bits per heavy atom. The normalized spacial score (nSPS) is 11.5. The minimum atomic E-state index is -4.97. The van der Waals surface area contributed by atoms with Crippen molar-refractivity contribution in [3.63, 3.8) is 0 Å². The van der Waals surface area contributed by atoms with E-state index >= 15 is 0 Å². The summed E-state index contributed by atoms with van der Waals surface area (Å²) >= 11 is 5.94. The maximum Gasteiger partial charge on any atom is 0.435 e. The SMILES string of the molecule is CNC(=O)n1nc(N(C=O)c2cnn(-c3cccc4c(=O)[nH]ccc34)c2C(F)(F)F)cc1Cl. The summed E-state index contributed by atoms with van der Waals surface area (Å²) in [5.41, 5.74) is -2.47. The van der Waals surface area contributed by atoms with Gasteiger partial charge in [0.25, 0.3) is 5.56 Å². The molecule has 4 rings (SSSR count). The fraction of sp³-hybridized carbons (Fsp3) is 0.105. The average Bonchev–Trinajstić information content (AvgIpc) is 3.38. The molecule has 3 aromatic heterocycles. The van der Waals surface area contributed by atoms with E-state index in [0.717, 1.165) is 12.3 Å². The van der Waals surface area contributed by atoms with Gasteiger partial charge in [-0.15, -0.1) is 5.10 Å². The molecule has 0 aliphatic carbocycles. The molecule has 4 aromatic rings. The zero-order chi connectivity index (χ0) is 23.9. The molecule has 0 saturated heterocycles. The van der Waals surface area contributed by atoms with Gasteiger partial charge in [0, 0.05) is 30.1 Å². The molecule has 10 nitrogen and oxygen atoms in total. The number of halogens is 4. The number of aromatic amines is 1. The van der Waals surface area contributed by atoms with Crippen molar-refractivity contribution < 1.29 is 22.8 Å². The zero-order valence-corrected chi connectivity index (χ0v) is 17.3. The maximum absolute atomic E-state index is 14.2. The number of pyridine rings is 1. The van der Waals surface area contributed by atoms with Gasteiger partial charge in [0.15, 0.2) is 11.5 Å². The van der Waals surface area contributed by atoms with E-state index in [2.05, 4.69) is 20.5 Å². The number of rotatable bonds is 4. The highest BCUT2D eigenvalue weighted by Crippen LogP contribution is 2.40. The van der Waals surface area contributed by atoms with Gasteiger partial charge in [0.2, 0.25) is 6.41 Å². The number of nitrogens with one attached hydrogen (secondary N) is 2. The second kappa shape index (κ2) is 8.09. The van der Waals surface area contributed by atoms with E-state index in [0.29, 0.717) is 14.3 Å². The summed E-state index contributed by atoms with van der Waals surface area (Å²) in [5, 5.41) is 10.1. The molecule has 0 unspecified atom stereocenters. The summed E-state index contributed by atoms with van der Waals surface area (Å²) in [6.45, 7) is 0. The second-order valence-electron chi connectivity index (χ2n) is 6.60. The summed E-state index contributed by atoms with van der Waals surface area (Å²) in [6, 6.07) is 5.97. The molecule has 2 N–H and O–H groups in total. The minimum absolute atomic E-state index is 0.0306. The number of hydrogen-bond acceptors (Lipinski definition) is 5. The Bertz CT molecular complexity index is 1440. The van der Waals surface area contributed by atoms with Crippen molar-refractivity contribution in [1.29, 1.82) is 0 Å². The minimum Gasteiger partial charge on any atom is -0.339 e. The Morgan fingerprint density at radius 3 is 2.70 bits per heavy atom. The number of benzene rings is 1. The number of H-pyrrole nitrogens is 1. The number of fused-ring (bicyclic) bond motifs is 1. The molecular weight excluding hydrogens is 467 g/mol. The molecule has 0 aliphatic heterocycles. The van der Waals surface area contributed by atoms with Gasteiger partial charge in [0.1, 0.15) is 10.8 Å². The van der Waals surface area contributed by atoms with Crippen LogP contribution in [0.2, 0.25) is 5.15 Å². The third-order valence-electron chi connectivity index (χ3n) is 4.71. The largest absolute Gasteiger partial charge is 0.435 e. The molecule has 33 heavy (non-hydrogen) atoms. The third kappa shape index (κ3) is 3.71. The van der Waals surface area contributed by atoms with Crippen LogP contribution < -0.4 is 15.8 Å². The van der Waals surface area contributed by atoms with Crippen LogP contribution >= 0.6 is 11.6 Å². The molecule has 0 saturated carbocycles. The van der Waals surface area contributed by atoms with Gasteiger partial charge in [-0.25, -0.2) is 9.48 Å². The monoisotopic (exact) mass is 479 g/mol. The smallest absolute Gasteiger partial charge is 0.339 e. The van der Waals surface area contributed by atoms with E-state index in [1.165, 1.54) is 37.5 Å². The molecule has 0 spiro atoms. The van der Waals surface area contributed by atoms with E-state index in [1.807, 2.05) is 0 Å². The predicted octanol–water partition coefficient (Wildman–Crippen LogP) is 3.06. The van der Waals surface area contributed by atoms with Gasteiger partial charge < -0.3 is 10.3 Å². The van der Waals surface area contributed by atoms with E-state index < -0.39 is 29.1 Å². The van der Waals surface area contributed by atoms with Crippen LogP contribution in [0.15, 0.2) is 47.5 Å². The van der Waals surface area contributed by atoms with Crippen molar-refractivity contribution in [2.45, 2.75) is 6.18 Å². The molecule has 0 fully saturated rings. The van der Waals surface area contributed by atoms with Gasteiger partial charge in [-0.1, -0.05) is 17.7 Å². The molecule has 0 atom stereocenters. The lowest BCUT2D eigenvalue weighted by Crippen LogP contribution is -2.26. The van der Waals surface area contributed by atoms with E-state index in [9.17, 15) is 27.6 Å². The zero-order valence-electron chi connectivity index (χ0n) is 16.6. The van der Waals surface area contributed by atoms with Gasteiger partial charge in [-0.2, -0.15) is 23.0 Å². The fourth-order valence-corrected chi connectivity index (χ4v) is 3.51. The van der Waals surface area contributed by atoms with Crippen molar-refractivity contribution in [2.75, 3.05) is 11.9 Å². The van der Waals surface area contributed by atoms with Crippen molar-refractivity contribution in [3.05, 3.63) is 63.9 Å². The van der Waals surface area contributed by atoms with Crippen LogP contribution in [0.3, 0.4) is 0 Å². The standard InChI is InChI=1S/C19H13ClF3N7O3/c1-24-18(33)30-14(20)7-15(27-30)28(9-31)13-8-26-29(16(13)19(21,22)23)12-4-2-3-11-10(12)5-6-25-17(11)32/h2-9H,1H3,(H,24,33)(H,25,32). The molecule has 3 heterocycles. The Balaban J connectivity index is 1.94. The first-order valence-corrected chi connectivity index (χ1v) is 9.53. The second-order valence-corrected chi connectivity index (χ2v) is 6.99. The molecule has 0 aliphatic rings. The van der Waals surface area contributed by atoms with Crippen LogP contribution in [-0.2, 0) is 11.0 Å². The number of alkyl halides is 3. The number of nitrogens with zero attached hydrogens (tertiary/aromatic N) is 5. The highest BCUT2D eigenvalue weighted by atomic mass is 35.5. The number of amides is 2. The van der Waals surface area contributed by atoms with Crippen LogP contribution in [0.5, 0.6) is 0 Å². The lowest BCUT2D eigenvalue weighted by Gasteiger charge is -2.18. The Hall–Kier alpha value is -4.13. The van der Waals surface area contributed by atoms with E-state index in [-0.39, 0.29) is 33.8 Å². The Labute approximate surface area is 187 Å². The topological polar surface area (TPSA) is 118 Å². The Kier molecular flexibility index (Phi) is 5.41. The lowest BCUT2D eigenvalue weighted by molar-refractivity contribution is -0.142. The van der Waals surface area contributed by atoms with Gasteiger partial charge in [-0.3, -0.25) is 14.5 Å². The Morgan fingerprint density at radius 2 is 2.03 bits per heavy atom. The van der Waals surface area contributed by atoms with Crippen LogP contribution in [0.1, 0.15) is 5.69 Å². The first-order chi connectivity index (χ1) is 15.7. The van der Waals surface area contributed by atoms with E-state index in [4.69, 9.17) is 11.6 Å². The van der Waals surface area contributed by atoms with Gasteiger partial charge >= 0.3 is 12.2 Å². The third-order valence-corrected chi connectivity index (χ3v) is 4.98. The van der Waals surface area contributed by atoms with Crippen molar-refractivity contribution in [2.24, 2.45) is 0 Å². The predicted molar refractivity (Wildman–Crippen MR) is 112 cm³/mol. The summed E-state index contributed by atoms with van der Waals surface area (Å²) in [7, 11) is 1.30. The first-order valence-electron chi connectivity index (χ1n) is 9.15. The molecule has 1 aromatic carbocycles. The molecule has 170 valence electrons. The quantitative estimate of drug-likeness (QED) is 0.436. The highest BCUT2D eigenvalue weighted by molar-refractivity contribution is 6.30. The van der Waals surface area contributed by atoms with Crippen LogP contribution in [0, 0.1) is 0 Å². The van der Waals surface area contributed by atoms with Gasteiger partial charge in [0.05, 0.1) is 11.9 Å². The summed E-state index contributed by atoms with van der Waals surface area (Å²) in [5.74, 6) is -0.335. The molecule has 14 heteroatoms. The fourth-order valence-electron chi connectivity index (χ4n) is 3.30. The summed E-state index contributed by atoms with van der Waals surface area (Å²) in [6.07, 6.45) is -2.74. The van der Waals surface area contributed by atoms with Crippen LogP contribution in [-0.4, -0.2) is 44.0 Å². The first kappa shape index (κ1) is 22.1. The van der Waals surface area contributed by atoms with Crippen molar-refractivity contribution in [3.8, 4) is 5.69 Å². The number of carbonyl (C=O) groups is 2. The average molecular weight is 480 g/mol. The highest BCUT2D eigenvalue weighted by Gasteiger charge is 2.41. The number of aromatic nitrogens is 5. The van der Waals surface area contributed by atoms with Crippen LogP contribution in [0.4, 0.5) is 29.5 Å². The van der Waals surface area contributed by atoms with Crippen molar-refractivity contribution >= 4 is 46.3 Å². The lowest BCUT2D eigenvalue weighted by atomic mass is 10.1. The molecule has 0 bridgehead atoms. The number of anilines is 2. The van der Waals surface area contributed by atoms with Crippen LogP contribution in [0.25, 0.3) is 16.5 Å². The van der Waals surface area contributed by atoms with Gasteiger partial charge in [-0.05, 0) is 18.2 Å². The summed E-state index contributed by atoms with van der Waals surface area (Å²) in [4.78, 5) is 38.8. The maximum atomic E-state index is 14.2. The molecular formula is C19H13ClF3N7O3. The number of carbonyl (C=O) groups excluding carboxylic acids is 2.